The van der Waals surface area contributed by atoms with Crippen molar-refractivity contribution < 1.29 is 30.3 Å². The van der Waals surface area contributed by atoms with Crippen LogP contribution in [0.25, 0.3) is 0 Å². The summed E-state index contributed by atoms with van der Waals surface area (Å²) in [5.41, 5.74) is -0.341. The summed E-state index contributed by atoms with van der Waals surface area (Å²) < 4.78 is 0. The van der Waals surface area contributed by atoms with Gasteiger partial charge < -0.3 is 25.5 Å². The molecule has 5 N–H and O–H groups in total. The highest BCUT2D eigenvalue weighted by Gasteiger charge is 2.23. The first kappa shape index (κ1) is 13.5. The molecule has 0 atom stereocenters. The molecular weight excluding hydrogens is 264 g/mol. The Labute approximate surface area is 113 Å². The third kappa shape index (κ3) is 1.97. The number of phenols is 5. The zero-order chi connectivity index (χ0) is 15.0. The summed E-state index contributed by atoms with van der Waals surface area (Å²) in [4.78, 5) is 12.2. The molecule has 0 aliphatic carbocycles. The van der Waals surface area contributed by atoms with Gasteiger partial charge in [-0.3, -0.25) is 4.79 Å². The van der Waals surface area contributed by atoms with Crippen LogP contribution in [0.4, 0.5) is 0 Å². The topological polar surface area (TPSA) is 118 Å². The van der Waals surface area contributed by atoms with Crippen molar-refractivity contribution in [2.75, 3.05) is 0 Å². The number of hydrogen-bond donors (Lipinski definition) is 5. The maximum Gasteiger partial charge on any atom is 0.201 e. The molecular formula is C14H12O6. The largest absolute Gasteiger partial charge is 0.504 e. The molecule has 2 rings (SSSR count). The Bertz CT molecular complexity index is 705. The van der Waals surface area contributed by atoms with Gasteiger partial charge in [-0.2, -0.15) is 0 Å². The summed E-state index contributed by atoms with van der Waals surface area (Å²) in [5.74, 6) is -4.03. The van der Waals surface area contributed by atoms with Crippen LogP contribution in [-0.2, 0) is 0 Å². The second-order valence-electron chi connectivity index (χ2n) is 4.29. The molecule has 104 valence electrons. The van der Waals surface area contributed by atoms with E-state index in [0.29, 0.717) is 0 Å². The third-order valence-corrected chi connectivity index (χ3v) is 2.94. The SMILES string of the molecule is Cc1cc(C(=O)c2cccc(O)c2O)c(O)c(O)c1O. The van der Waals surface area contributed by atoms with E-state index in [-0.39, 0.29) is 16.7 Å². The Morgan fingerprint density at radius 1 is 0.850 bits per heavy atom. The van der Waals surface area contributed by atoms with Gasteiger partial charge >= 0.3 is 0 Å². The predicted molar refractivity (Wildman–Crippen MR) is 69.4 cm³/mol. The molecule has 2 aromatic rings. The highest BCUT2D eigenvalue weighted by molar-refractivity contribution is 6.13. The molecule has 20 heavy (non-hydrogen) atoms. The minimum Gasteiger partial charge on any atom is -0.504 e. The van der Waals surface area contributed by atoms with Crippen molar-refractivity contribution in [3.63, 3.8) is 0 Å². The number of carbonyl (C=O) groups excluding carboxylic acids is 1. The van der Waals surface area contributed by atoms with Crippen LogP contribution in [0.15, 0.2) is 24.3 Å². The highest BCUT2D eigenvalue weighted by Crippen LogP contribution is 2.41. The van der Waals surface area contributed by atoms with Crippen molar-refractivity contribution in [2.24, 2.45) is 0 Å². The maximum atomic E-state index is 12.2. The molecule has 0 aromatic heterocycles. The summed E-state index contributed by atoms with van der Waals surface area (Å²) in [6, 6.07) is 4.99. The number of aromatic hydroxyl groups is 5. The molecule has 0 aliphatic heterocycles. The molecule has 6 nitrogen and oxygen atoms in total. The Kier molecular flexibility index (Phi) is 3.15. The molecule has 0 heterocycles. The number of hydrogen-bond acceptors (Lipinski definition) is 6. The molecule has 0 bridgehead atoms. The van der Waals surface area contributed by atoms with Gasteiger partial charge in [0.2, 0.25) is 11.5 Å². The lowest BCUT2D eigenvalue weighted by Gasteiger charge is -2.10. The number of phenolic OH excluding ortho intramolecular Hbond substituents is 5. The van der Waals surface area contributed by atoms with Crippen LogP contribution in [0.2, 0.25) is 0 Å². The zero-order valence-corrected chi connectivity index (χ0v) is 10.5. The average molecular weight is 276 g/mol. The molecule has 0 saturated carbocycles. The van der Waals surface area contributed by atoms with Crippen molar-refractivity contribution >= 4 is 5.78 Å². The van der Waals surface area contributed by atoms with Crippen LogP contribution in [0.3, 0.4) is 0 Å². The number of rotatable bonds is 2. The van der Waals surface area contributed by atoms with Crippen molar-refractivity contribution in [3.05, 3.63) is 41.0 Å². The average Bonchev–Trinajstić information content (AvgIpc) is 2.43. The van der Waals surface area contributed by atoms with Crippen molar-refractivity contribution in [3.8, 4) is 28.7 Å². The highest BCUT2D eigenvalue weighted by atomic mass is 16.3. The summed E-state index contributed by atoms with van der Waals surface area (Å²) in [7, 11) is 0. The van der Waals surface area contributed by atoms with Crippen molar-refractivity contribution in [1.29, 1.82) is 0 Å². The van der Waals surface area contributed by atoms with Gasteiger partial charge in [-0.15, -0.1) is 0 Å². The second kappa shape index (κ2) is 4.65. The van der Waals surface area contributed by atoms with E-state index in [1.54, 1.807) is 0 Å². The van der Waals surface area contributed by atoms with E-state index >= 15 is 0 Å². The van der Waals surface area contributed by atoms with E-state index in [4.69, 9.17) is 0 Å². The number of carbonyl (C=O) groups is 1. The van der Waals surface area contributed by atoms with Gasteiger partial charge in [-0.1, -0.05) is 6.07 Å². The molecule has 0 radical (unpaired) electrons. The fourth-order valence-electron chi connectivity index (χ4n) is 1.81. The van der Waals surface area contributed by atoms with E-state index < -0.39 is 34.5 Å². The monoisotopic (exact) mass is 276 g/mol. The van der Waals surface area contributed by atoms with E-state index in [9.17, 15) is 30.3 Å². The normalized spacial score (nSPS) is 10.4. The molecule has 0 unspecified atom stereocenters. The number of benzene rings is 2. The Balaban J connectivity index is 2.63. The summed E-state index contributed by atoms with van der Waals surface area (Å²) in [6.07, 6.45) is 0. The first-order valence-corrected chi connectivity index (χ1v) is 5.64. The predicted octanol–water partition coefficient (Wildman–Crippen LogP) is 1.75. The lowest BCUT2D eigenvalue weighted by Crippen LogP contribution is -2.03. The fraction of sp³-hybridized carbons (Fsp3) is 0.0714. The van der Waals surface area contributed by atoms with Gasteiger partial charge in [0.05, 0.1) is 11.1 Å². The van der Waals surface area contributed by atoms with Gasteiger partial charge in [-0.05, 0) is 30.7 Å². The smallest absolute Gasteiger partial charge is 0.201 e. The molecule has 6 heteroatoms. The first-order chi connectivity index (χ1) is 9.34. The van der Waals surface area contributed by atoms with Crippen LogP contribution >= 0.6 is 0 Å². The Hall–Kier alpha value is -2.89. The van der Waals surface area contributed by atoms with E-state index in [0.717, 1.165) is 0 Å². The molecule has 0 aliphatic rings. The molecule has 2 aromatic carbocycles. The fourth-order valence-corrected chi connectivity index (χ4v) is 1.81. The second-order valence-corrected chi connectivity index (χ2v) is 4.29. The van der Waals surface area contributed by atoms with Gasteiger partial charge in [0, 0.05) is 0 Å². The lowest BCUT2D eigenvalue weighted by molar-refractivity contribution is 0.103. The van der Waals surface area contributed by atoms with Crippen LogP contribution in [0.1, 0.15) is 21.5 Å². The maximum absolute atomic E-state index is 12.2. The van der Waals surface area contributed by atoms with Crippen LogP contribution in [0, 0.1) is 6.92 Å². The van der Waals surface area contributed by atoms with Gasteiger partial charge in [0.25, 0.3) is 0 Å². The lowest BCUT2D eigenvalue weighted by atomic mass is 9.98. The van der Waals surface area contributed by atoms with Crippen LogP contribution in [0.5, 0.6) is 28.7 Å². The van der Waals surface area contributed by atoms with Crippen molar-refractivity contribution in [1.82, 2.24) is 0 Å². The van der Waals surface area contributed by atoms with Gasteiger partial charge in [0.1, 0.15) is 0 Å². The quantitative estimate of drug-likeness (QED) is 0.421. The van der Waals surface area contributed by atoms with Crippen molar-refractivity contribution in [2.45, 2.75) is 6.92 Å². The molecule has 0 spiro atoms. The zero-order valence-electron chi connectivity index (χ0n) is 10.5. The van der Waals surface area contributed by atoms with E-state index in [1.165, 1.54) is 31.2 Å². The Morgan fingerprint density at radius 3 is 2.15 bits per heavy atom. The van der Waals surface area contributed by atoms with Gasteiger partial charge in [0.15, 0.2) is 23.0 Å². The number of ketones is 1. The first-order valence-electron chi connectivity index (χ1n) is 5.64. The standard InChI is InChI=1S/C14H12O6/c1-6-5-8(13(19)14(20)10(6)16)11(17)7-3-2-4-9(15)12(7)18/h2-5,15-16,18-20H,1H3. The van der Waals surface area contributed by atoms with E-state index in [2.05, 4.69) is 0 Å². The van der Waals surface area contributed by atoms with Crippen LogP contribution in [-0.4, -0.2) is 31.3 Å². The minimum atomic E-state index is -0.812. The number of aryl methyl sites for hydroxylation is 1. The number of para-hydroxylation sites is 1. The molecule has 0 fully saturated rings. The summed E-state index contributed by atoms with van der Waals surface area (Å²) in [5, 5.41) is 47.7. The summed E-state index contributed by atoms with van der Waals surface area (Å²) in [6.45, 7) is 1.44. The van der Waals surface area contributed by atoms with E-state index in [1.807, 2.05) is 0 Å². The van der Waals surface area contributed by atoms with Gasteiger partial charge in [-0.25, -0.2) is 0 Å². The van der Waals surface area contributed by atoms with Crippen LogP contribution < -0.4 is 0 Å². The minimum absolute atomic E-state index is 0.184. The Morgan fingerprint density at radius 2 is 1.50 bits per heavy atom. The molecule has 0 amide bonds. The third-order valence-electron chi connectivity index (χ3n) is 2.94. The summed E-state index contributed by atoms with van der Waals surface area (Å²) >= 11 is 0. The molecule has 0 saturated heterocycles.